The van der Waals surface area contributed by atoms with Crippen molar-refractivity contribution in [3.63, 3.8) is 0 Å². The molecule has 1 atom stereocenters. The second-order valence-electron chi connectivity index (χ2n) is 6.98. The van der Waals surface area contributed by atoms with Crippen LogP contribution in [0.1, 0.15) is 17.2 Å². The van der Waals surface area contributed by atoms with E-state index in [2.05, 4.69) is 33.4 Å². The summed E-state index contributed by atoms with van der Waals surface area (Å²) in [5.41, 5.74) is 3.23. The van der Waals surface area contributed by atoms with Crippen molar-refractivity contribution in [2.24, 2.45) is 0 Å². The molecule has 5 heteroatoms. The molecule has 2 heterocycles. The minimum atomic E-state index is -0.0259. The number of rotatable bonds is 6. The Morgan fingerprint density at radius 2 is 1.81 bits per heavy atom. The number of morpholine rings is 1. The highest BCUT2D eigenvalue weighted by molar-refractivity contribution is 5.89. The molecule has 0 spiro atoms. The highest BCUT2D eigenvalue weighted by atomic mass is 16.5. The molecule has 1 aliphatic rings. The number of hydrogen-bond acceptors (Lipinski definition) is 3. The van der Waals surface area contributed by atoms with E-state index in [4.69, 9.17) is 4.74 Å². The molecule has 3 aromatic rings. The molecule has 1 unspecified atom stereocenters. The van der Waals surface area contributed by atoms with Gasteiger partial charge in [-0.15, -0.1) is 0 Å². The van der Waals surface area contributed by atoms with Crippen LogP contribution < -0.4 is 5.32 Å². The van der Waals surface area contributed by atoms with Gasteiger partial charge in [-0.1, -0.05) is 48.5 Å². The largest absolute Gasteiger partial charge is 0.379 e. The van der Waals surface area contributed by atoms with Crippen molar-refractivity contribution in [3.05, 3.63) is 71.9 Å². The predicted molar refractivity (Wildman–Crippen MR) is 107 cm³/mol. The number of nitrogens with one attached hydrogen (secondary N) is 2. The highest BCUT2D eigenvalue weighted by Gasteiger charge is 2.20. The average molecular weight is 363 g/mol. The van der Waals surface area contributed by atoms with E-state index in [1.54, 1.807) is 0 Å². The number of benzene rings is 2. The molecule has 2 N–H and O–H groups in total. The lowest BCUT2D eigenvalue weighted by molar-refractivity contribution is -0.121. The Labute approximate surface area is 159 Å². The van der Waals surface area contributed by atoms with Crippen molar-refractivity contribution in [2.45, 2.75) is 12.5 Å². The molecule has 27 heavy (non-hydrogen) atoms. The van der Waals surface area contributed by atoms with Crippen LogP contribution in [0.25, 0.3) is 10.9 Å². The normalized spacial score (nSPS) is 16.3. The van der Waals surface area contributed by atoms with Crippen molar-refractivity contribution in [3.8, 4) is 0 Å². The topological polar surface area (TPSA) is 57.4 Å². The molecule has 1 aliphatic heterocycles. The van der Waals surface area contributed by atoms with Gasteiger partial charge in [0.15, 0.2) is 0 Å². The van der Waals surface area contributed by atoms with Crippen LogP contribution in [-0.2, 0) is 16.0 Å². The number of carbonyl (C=O) groups is 1. The van der Waals surface area contributed by atoms with Gasteiger partial charge in [-0.2, -0.15) is 0 Å². The SMILES string of the molecule is O=C(Cc1c[nH]c2ccccc12)NC(CN1CCOCC1)c1ccccc1. The van der Waals surface area contributed by atoms with Crippen LogP contribution >= 0.6 is 0 Å². The number of aromatic amines is 1. The zero-order valence-corrected chi connectivity index (χ0v) is 15.4. The molecule has 0 radical (unpaired) electrons. The first-order valence-electron chi connectivity index (χ1n) is 9.49. The van der Waals surface area contributed by atoms with E-state index in [-0.39, 0.29) is 11.9 Å². The third-order valence-electron chi connectivity index (χ3n) is 5.11. The molecule has 0 bridgehead atoms. The summed E-state index contributed by atoms with van der Waals surface area (Å²) in [6, 6.07) is 18.3. The number of ether oxygens (including phenoxy) is 1. The van der Waals surface area contributed by atoms with E-state index in [9.17, 15) is 4.79 Å². The molecule has 0 saturated carbocycles. The van der Waals surface area contributed by atoms with Gasteiger partial charge in [0.25, 0.3) is 0 Å². The molecule has 1 amide bonds. The minimum Gasteiger partial charge on any atom is -0.379 e. The summed E-state index contributed by atoms with van der Waals surface area (Å²) >= 11 is 0. The summed E-state index contributed by atoms with van der Waals surface area (Å²) in [7, 11) is 0. The van der Waals surface area contributed by atoms with Gasteiger partial charge in [0.2, 0.25) is 5.91 Å². The number of nitrogens with zero attached hydrogens (tertiary/aromatic N) is 1. The predicted octanol–water partition coefficient (Wildman–Crippen LogP) is 2.90. The Balaban J connectivity index is 1.47. The second-order valence-corrected chi connectivity index (χ2v) is 6.98. The van der Waals surface area contributed by atoms with Crippen LogP contribution in [0.4, 0.5) is 0 Å². The van der Waals surface area contributed by atoms with Gasteiger partial charge in [-0.05, 0) is 17.2 Å². The van der Waals surface area contributed by atoms with Crippen molar-refractivity contribution in [1.82, 2.24) is 15.2 Å². The monoisotopic (exact) mass is 363 g/mol. The first-order valence-corrected chi connectivity index (χ1v) is 9.49. The molecule has 0 aliphatic carbocycles. The zero-order valence-electron chi connectivity index (χ0n) is 15.4. The number of H-pyrrole nitrogens is 1. The van der Waals surface area contributed by atoms with Crippen molar-refractivity contribution >= 4 is 16.8 Å². The van der Waals surface area contributed by atoms with E-state index in [0.29, 0.717) is 6.42 Å². The van der Waals surface area contributed by atoms with Gasteiger partial charge >= 0.3 is 0 Å². The van der Waals surface area contributed by atoms with Crippen LogP contribution in [0.5, 0.6) is 0 Å². The van der Waals surface area contributed by atoms with Gasteiger partial charge in [0.1, 0.15) is 0 Å². The summed E-state index contributed by atoms with van der Waals surface area (Å²) in [5.74, 6) is 0.0434. The van der Waals surface area contributed by atoms with Gasteiger partial charge < -0.3 is 15.0 Å². The maximum Gasteiger partial charge on any atom is 0.225 e. The maximum atomic E-state index is 12.8. The molecule has 140 valence electrons. The van der Waals surface area contributed by atoms with E-state index < -0.39 is 0 Å². The molecular formula is C22H25N3O2. The summed E-state index contributed by atoms with van der Waals surface area (Å²) in [5, 5.41) is 4.36. The van der Waals surface area contributed by atoms with Gasteiger partial charge in [0, 0.05) is 36.7 Å². The minimum absolute atomic E-state index is 0.0259. The average Bonchev–Trinajstić information content (AvgIpc) is 3.12. The van der Waals surface area contributed by atoms with Gasteiger partial charge in [-0.25, -0.2) is 0 Å². The van der Waals surface area contributed by atoms with Crippen molar-refractivity contribution in [2.75, 3.05) is 32.8 Å². The maximum absolute atomic E-state index is 12.8. The Bertz CT molecular complexity index is 885. The summed E-state index contributed by atoms with van der Waals surface area (Å²) in [6.07, 6.45) is 2.31. The lowest BCUT2D eigenvalue weighted by atomic mass is 10.0. The number of para-hydroxylation sites is 1. The fourth-order valence-electron chi connectivity index (χ4n) is 3.66. The standard InChI is InChI=1S/C22H25N3O2/c26-22(14-18-15-23-20-9-5-4-8-19(18)20)24-21(17-6-2-1-3-7-17)16-25-10-12-27-13-11-25/h1-9,15,21,23H,10-14,16H2,(H,24,26). The van der Waals surface area contributed by atoms with Crippen LogP contribution in [0, 0.1) is 0 Å². The van der Waals surface area contributed by atoms with E-state index in [0.717, 1.165) is 54.9 Å². The highest BCUT2D eigenvalue weighted by Crippen LogP contribution is 2.19. The van der Waals surface area contributed by atoms with Gasteiger partial charge in [-0.3, -0.25) is 9.69 Å². The van der Waals surface area contributed by atoms with Crippen LogP contribution in [0.3, 0.4) is 0 Å². The lowest BCUT2D eigenvalue weighted by Gasteiger charge is -2.31. The first-order chi connectivity index (χ1) is 13.3. The van der Waals surface area contributed by atoms with Crippen LogP contribution in [0.15, 0.2) is 60.8 Å². The smallest absolute Gasteiger partial charge is 0.225 e. The fraction of sp³-hybridized carbons (Fsp3) is 0.318. The first kappa shape index (κ1) is 17.8. The van der Waals surface area contributed by atoms with E-state index in [1.165, 1.54) is 0 Å². The van der Waals surface area contributed by atoms with Crippen LogP contribution in [-0.4, -0.2) is 48.6 Å². The Kier molecular flexibility index (Phi) is 5.51. The van der Waals surface area contributed by atoms with E-state index >= 15 is 0 Å². The summed E-state index contributed by atoms with van der Waals surface area (Å²) in [4.78, 5) is 18.4. The third kappa shape index (κ3) is 4.38. The van der Waals surface area contributed by atoms with Gasteiger partial charge in [0.05, 0.1) is 25.7 Å². The lowest BCUT2D eigenvalue weighted by Crippen LogP contribution is -2.43. The number of amides is 1. The number of aromatic nitrogens is 1. The Morgan fingerprint density at radius 3 is 2.63 bits per heavy atom. The molecule has 5 nitrogen and oxygen atoms in total. The zero-order chi connectivity index (χ0) is 18.5. The molecule has 1 aromatic heterocycles. The van der Waals surface area contributed by atoms with Crippen molar-refractivity contribution in [1.29, 1.82) is 0 Å². The Hall–Kier alpha value is -2.63. The molecule has 4 rings (SSSR count). The molecule has 1 saturated heterocycles. The molecular weight excluding hydrogens is 338 g/mol. The number of carbonyl (C=O) groups excluding carboxylic acids is 1. The number of fused-ring (bicyclic) bond motifs is 1. The summed E-state index contributed by atoms with van der Waals surface area (Å²) < 4.78 is 5.45. The quantitative estimate of drug-likeness (QED) is 0.708. The molecule has 1 fully saturated rings. The van der Waals surface area contributed by atoms with E-state index in [1.807, 2.05) is 42.6 Å². The third-order valence-corrected chi connectivity index (χ3v) is 5.11. The fourth-order valence-corrected chi connectivity index (χ4v) is 3.66. The Morgan fingerprint density at radius 1 is 1.07 bits per heavy atom. The number of hydrogen-bond donors (Lipinski definition) is 2. The van der Waals surface area contributed by atoms with Crippen molar-refractivity contribution < 1.29 is 9.53 Å². The second kappa shape index (κ2) is 8.37. The van der Waals surface area contributed by atoms with Crippen LogP contribution in [0.2, 0.25) is 0 Å². The molecule has 2 aromatic carbocycles. The summed E-state index contributed by atoms with van der Waals surface area (Å²) in [6.45, 7) is 4.12.